The maximum absolute atomic E-state index is 10.1. The first-order valence-electron chi connectivity index (χ1n) is 12.5. The molecule has 3 radical (unpaired) electrons. The number of carboxylic acids is 12. The molecule has 28 nitrogen and oxygen atoms in total. The van der Waals surface area contributed by atoms with Gasteiger partial charge in [0, 0.05) is 159 Å². The Hall–Kier alpha value is -4.57. The molecule has 0 fully saturated rings. The van der Waals surface area contributed by atoms with Crippen molar-refractivity contribution in [3.05, 3.63) is 0 Å². The number of aliphatic hydroxyl groups is 4. The fourth-order valence-electron chi connectivity index (χ4n) is 2.74. The second-order valence-corrected chi connectivity index (χ2v) is 9.67. The first-order chi connectivity index (χ1) is 23.1. The van der Waals surface area contributed by atoms with Crippen molar-refractivity contribution in [3.63, 3.8) is 0 Å². The molecule has 0 aromatic heterocycles. The first-order valence-corrected chi connectivity index (χ1v) is 12.5. The van der Waals surface area contributed by atoms with Gasteiger partial charge >= 0.3 is 0 Å². The first kappa shape index (κ1) is 65.3. The number of aliphatic carboxylic acids is 12. The molecule has 31 heteroatoms. The van der Waals surface area contributed by atoms with Crippen molar-refractivity contribution in [3.8, 4) is 0 Å². The van der Waals surface area contributed by atoms with Crippen molar-refractivity contribution in [1.82, 2.24) is 0 Å². The normalized spacial score (nSPS) is 10.3. The van der Waals surface area contributed by atoms with Crippen LogP contribution in [0.25, 0.3) is 0 Å². The molecule has 0 atom stereocenters. The van der Waals surface area contributed by atoms with Gasteiger partial charge in [-0.25, -0.2) is 0 Å². The maximum Gasteiger partial charge on any atom is 0.114 e. The monoisotopic (exact) mass is 1330 g/mol. The molecule has 0 aliphatic heterocycles. The molecule has 0 aliphatic rings. The van der Waals surface area contributed by atoms with E-state index in [9.17, 15) is 119 Å². The van der Waals surface area contributed by atoms with Crippen molar-refractivity contribution >= 4 is 71.6 Å². The third-order valence-electron chi connectivity index (χ3n) is 5.01. The molecule has 0 spiro atoms. The molecule has 4 N–H and O–H groups in total. The molecule has 0 saturated heterocycles. The van der Waals surface area contributed by atoms with E-state index in [2.05, 4.69) is 0 Å². The van der Waals surface area contributed by atoms with Gasteiger partial charge in [-0.05, 0) is 0 Å². The van der Waals surface area contributed by atoms with Crippen LogP contribution in [0.2, 0.25) is 0 Å². The third-order valence-corrected chi connectivity index (χ3v) is 5.01. The zero-order valence-electron chi connectivity index (χ0n) is 26.2. The van der Waals surface area contributed by atoms with Gasteiger partial charge in [-0.2, -0.15) is 0 Å². The van der Waals surface area contributed by atoms with E-state index in [0.29, 0.717) is 0 Å². The molecule has 0 saturated carbocycles. The summed E-state index contributed by atoms with van der Waals surface area (Å²) in [5.41, 5.74) is -11.9. The molecule has 0 rings (SSSR count). The summed E-state index contributed by atoms with van der Waals surface area (Å²) in [5, 5.41) is 156. The van der Waals surface area contributed by atoms with E-state index in [1.165, 1.54) is 0 Å². The molecule has 323 valence electrons. The van der Waals surface area contributed by atoms with Crippen LogP contribution < -0.4 is 61.3 Å². The number of carbonyl (C=O) groups excluding carboxylic acids is 12. The summed E-state index contributed by atoms with van der Waals surface area (Å²) in [6, 6.07) is 0. The minimum Gasteiger partial charge on any atom is -0.550 e. The van der Waals surface area contributed by atoms with E-state index in [4.69, 9.17) is 20.4 Å². The number of rotatable bonds is 20. The van der Waals surface area contributed by atoms with Crippen LogP contribution in [0.15, 0.2) is 0 Å². The summed E-state index contributed by atoms with van der Waals surface area (Å²) in [6.07, 6.45) is -10.9. The van der Waals surface area contributed by atoms with Crippen LogP contribution in [0.1, 0.15) is 51.4 Å². The molecule has 55 heavy (non-hydrogen) atoms. The van der Waals surface area contributed by atoms with E-state index in [1.54, 1.807) is 0 Å². The number of hydrogen-bond donors (Lipinski definition) is 4. The van der Waals surface area contributed by atoms with Crippen LogP contribution in [-0.2, 0) is 118 Å². The Morgan fingerprint density at radius 2 is 0.327 bits per heavy atom. The fraction of sp³-hybridized carbons (Fsp3) is 0.500. The zero-order chi connectivity index (χ0) is 42.6. The molecule has 0 unspecified atom stereocenters. The van der Waals surface area contributed by atoms with Crippen molar-refractivity contribution in [1.29, 1.82) is 0 Å². The average molecular weight is 1330 g/mol. The summed E-state index contributed by atoms with van der Waals surface area (Å²) < 4.78 is 0. The van der Waals surface area contributed by atoms with Gasteiger partial charge < -0.3 is 139 Å². The smallest absolute Gasteiger partial charge is 0.114 e. The standard InChI is InChI=1S/4C6H8O7.3Ir/c4*7-3(8)1-6(13,5(11)12)2-4(9)10;;;/h4*13H,1-2H2,(H,7,8)(H,9,10)(H,11,12);;;/p-12. The molecular weight excluding hydrogens is 1310 g/mol. The van der Waals surface area contributed by atoms with E-state index in [0.717, 1.165) is 0 Å². The number of carboxylic acid groups (broad SMARTS) is 12. The van der Waals surface area contributed by atoms with Gasteiger partial charge in [0.15, 0.2) is 0 Å². The molecule has 0 aliphatic carbocycles. The van der Waals surface area contributed by atoms with Crippen LogP contribution in [0.4, 0.5) is 0 Å². The Morgan fingerprint density at radius 1 is 0.255 bits per heavy atom. The second kappa shape index (κ2) is 28.8. The predicted molar refractivity (Wildman–Crippen MR) is 117 cm³/mol. The van der Waals surface area contributed by atoms with Crippen molar-refractivity contribution in [2.75, 3.05) is 0 Å². The molecule has 0 bridgehead atoms. The number of hydrogen-bond acceptors (Lipinski definition) is 28. The summed E-state index contributed by atoms with van der Waals surface area (Å²) in [4.78, 5) is 120. The Morgan fingerprint density at radius 3 is 0.364 bits per heavy atom. The SMILES string of the molecule is O=C([O-])CC(O)(CC(=O)[O-])C(=O)[O-].O=C([O-])CC(O)(CC(=O)[O-])C(=O)[O-].O=C([O-])CC(O)(CC(=O)[O-])C(=O)[O-].O=C([O-])CC(O)(CC(=O)[O-])C(=O)[O-].[Ir].[Ir].[Ir]. The topological polar surface area (TPSA) is 562 Å². The van der Waals surface area contributed by atoms with Crippen LogP contribution in [-0.4, -0.2) is 114 Å². The quantitative estimate of drug-likeness (QED) is 0.0879. The van der Waals surface area contributed by atoms with E-state index >= 15 is 0 Å². The van der Waals surface area contributed by atoms with Crippen molar-refractivity contribution in [2.45, 2.75) is 73.8 Å². The van der Waals surface area contributed by atoms with Gasteiger partial charge in [0.25, 0.3) is 0 Å². The van der Waals surface area contributed by atoms with Gasteiger partial charge in [-0.1, -0.05) is 0 Å². The number of carbonyl (C=O) groups is 12. The van der Waals surface area contributed by atoms with Crippen LogP contribution >= 0.6 is 0 Å². The summed E-state index contributed by atoms with van der Waals surface area (Å²) in [7, 11) is 0. The van der Waals surface area contributed by atoms with Crippen LogP contribution in [0, 0.1) is 0 Å². The molecule has 0 heterocycles. The summed E-state index contributed by atoms with van der Waals surface area (Å²) in [5.74, 6) is -23.9. The Balaban J connectivity index is -0.000000110. The van der Waals surface area contributed by atoms with Crippen LogP contribution in [0.5, 0.6) is 0 Å². The summed E-state index contributed by atoms with van der Waals surface area (Å²) >= 11 is 0. The molecule has 0 amide bonds. The Kier molecular flexibility index (Phi) is 34.2. The zero-order valence-corrected chi connectivity index (χ0v) is 33.4. The third kappa shape index (κ3) is 31.5. The Labute approximate surface area is 343 Å². The van der Waals surface area contributed by atoms with Gasteiger partial charge in [-0.3, -0.25) is 0 Å². The van der Waals surface area contributed by atoms with Gasteiger partial charge in [0.05, 0.1) is 23.9 Å². The predicted octanol–water partition coefficient (Wildman–Crippen LogP) is -21.0. The van der Waals surface area contributed by atoms with Gasteiger partial charge in [-0.15, -0.1) is 0 Å². The van der Waals surface area contributed by atoms with Crippen molar-refractivity contribution < 1.29 is 200 Å². The molecular formula is C24H20Ir3O28-12. The second-order valence-electron chi connectivity index (χ2n) is 9.67. The minimum absolute atomic E-state index is 0. The van der Waals surface area contributed by atoms with E-state index in [-0.39, 0.29) is 60.3 Å². The molecule has 0 aromatic rings. The minimum atomic E-state index is -2.97. The molecule has 0 aromatic carbocycles. The van der Waals surface area contributed by atoms with Crippen LogP contribution in [0.3, 0.4) is 0 Å². The summed E-state index contributed by atoms with van der Waals surface area (Å²) in [6.45, 7) is 0. The largest absolute Gasteiger partial charge is 0.550 e. The fourth-order valence-corrected chi connectivity index (χ4v) is 2.74. The average Bonchev–Trinajstić information content (AvgIpc) is 2.85. The van der Waals surface area contributed by atoms with Gasteiger partial charge in [0.1, 0.15) is 22.4 Å². The van der Waals surface area contributed by atoms with Crippen molar-refractivity contribution in [2.24, 2.45) is 0 Å². The van der Waals surface area contributed by atoms with E-state index in [1.807, 2.05) is 0 Å². The van der Waals surface area contributed by atoms with E-state index < -0.39 is 145 Å². The van der Waals surface area contributed by atoms with Gasteiger partial charge in [0.2, 0.25) is 0 Å². The Bertz CT molecular complexity index is 1130. The maximum atomic E-state index is 10.1.